The first-order valence-electron chi connectivity index (χ1n) is 9.23. The summed E-state index contributed by atoms with van der Waals surface area (Å²) in [5.74, 6) is 0. The molecule has 0 aliphatic heterocycles. The zero-order valence-electron chi connectivity index (χ0n) is 15.2. The van der Waals surface area contributed by atoms with Crippen LogP contribution in [0.4, 0.5) is 0 Å². The van der Waals surface area contributed by atoms with Crippen molar-refractivity contribution in [3.8, 4) is 0 Å². The van der Waals surface area contributed by atoms with Crippen molar-refractivity contribution in [2.24, 2.45) is 0 Å². The van der Waals surface area contributed by atoms with Crippen molar-refractivity contribution in [3.05, 3.63) is 0 Å². The van der Waals surface area contributed by atoms with E-state index in [4.69, 9.17) is 9.47 Å². The Morgan fingerprint density at radius 1 is 0.682 bits per heavy atom. The first kappa shape index (κ1) is 19.9. The highest BCUT2D eigenvalue weighted by Crippen LogP contribution is 2.22. The third kappa shape index (κ3) is 9.09. The number of rotatable bonds is 6. The molecule has 0 heterocycles. The summed E-state index contributed by atoms with van der Waals surface area (Å²) in [6.07, 6.45) is 14.7. The molecular formula is C18H38N2O2. The summed E-state index contributed by atoms with van der Waals surface area (Å²) in [7, 11) is 3.31. The first-order chi connectivity index (χ1) is 10.7. The minimum absolute atomic E-state index is 0.0555. The standard InChI is InChI=1S/C12H23N.C6H15NO2/c1-3-7-11(8-4-1)13-12-9-5-2-6-10-12;1-5(8-3)7-6(2)9-4/h11-13H,1-10H2;5-7H,1-4H3. The number of hydrogen-bond donors (Lipinski definition) is 2. The molecular weight excluding hydrogens is 276 g/mol. The Morgan fingerprint density at radius 2 is 1.05 bits per heavy atom. The second-order valence-electron chi connectivity index (χ2n) is 6.76. The van der Waals surface area contributed by atoms with Gasteiger partial charge in [0.1, 0.15) is 12.5 Å². The molecule has 2 saturated carbocycles. The summed E-state index contributed by atoms with van der Waals surface area (Å²) in [6, 6.07) is 1.74. The van der Waals surface area contributed by atoms with E-state index in [-0.39, 0.29) is 12.5 Å². The zero-order valence-corrected chi connectivity index (χ0v) is 15.2. The van der Waals surface area contributed by atoms with Gasteiger partial charge in [-0.1, -0.05) is 38.5 Å². The molecule has 0 amide bonds. The number of hydrogen-bond acceptors (Lipinski definition) is 4. The van der Waals surface area contributed by atoms with Gasteiger partial charge in [-0.2, -0.15) is 0 Å². The fourth-order valence-electron chi connectivity index (χ4n) is 3.34. The molecule has 4 nitrogen and oxygen atoms in total. The van der Waals surface area contributed by atoms with Crippen molar-refractivity contribution in [2.45, 2.75) is 103 Å². The van der Waals surface area contributed by atoms with Crippen molar-refractivity contribution in [2.75, 3.05) is 14.2 Å². The maximum Gasteiger partial charge on any atom is 0.106 e. The minimum Gasteiger partial charge on any atom is -0.367 e. The highest BCUT2D eigenvalue weighted by atomic mass is 16.5. The molecule has 2 fully saturated rings. The Morgan fingerprint density at radius 3 is 1.36 bits per heavy atom. The van der Waals surface area contributed by atoms with Gasteiger partial charge >= 0.3 is 0 Å². The smallest absolute Gasteiger partial charge is 0.106 e. The van der Waals surface area contributed by atoms with Crippen LogP contribution in [-0.2, 0) is 9.47 Å². The van der Waals surface area contributed by atoms with Gasteiger partial charge in [-0.05, 0) is 39.5 Å². The van der Waals surface area contributed by atoms with Crippen LogP contribution < -0.4 is 10.6 Å². The predicted octanol–water partition coefficient (Wildman–Crippen LogP) is 3.80. The van der Waals surface area contributed by atoms with Crippen molar-refractivity contribution < 1.29 is 9.47 Å². The summed E-state index contributed by atoms with van der Waals surface area (Å²) < 4.78 is 9.86. The van der Waals surface area contributed by atoms with Crippen LogP contribution in [0.1, 0.15) is 78.1 Å². The van der Waals surface area contributed by atoms with Gasteiger partial charge in [-0.3, -0.25) is 5.32 Å². The highest BCUT2D eigenvalue weighted by Gasteiger charge is 2.19. The predicted molar refractivity (Wildman–Crippen MR) is 93.0 cm³/mol. The Hall–Kier alpha value is -0.160. The molecule has 0 saturated heterocycles. The van der Waals surface area contributed by atoms with Gasteiger partial charge in [0.05, 0.1) is 0 Å². The molecule has 2 N–H and O–H groups in total. The Bertz CT molecular complexity index is 227. The molecule has 0 spiro atoms. The first-order valence-corrected chi connectivity index (χ1v) is 9.23. The summed E-state index contributed by atoms with van der Waals surface area (Å²) in [5, 5.41) is 6.89. The van der Waals surface area contributed by atoms with Crippen LogP contribution in [0.3, 0.4) is 0 Å². The fourth-order valence-corrected chi connectivity index (χ4v) is 3.34. The van der Waals surface area contributed by atoms with E-state index >= 15 is 0 Å². The maximum absolute atomic E-state index is 4.93. The summed E-state index contributed by atoms with van der Waals surface area (Å²) in [6.45, 7) is 3.85. The Balaban J connectivity index is 0.000000239. The molecule has 4 heteroatoms. The lowest BCUT2D eigenvalue weighted by molar-refractivity contribution is 0.00787. The maximum atomic E-state index is 4.93. The van der Waals surface area contributed by atoms with Crippen molar-refractivity contribution in [1.29, 1.82) is 0 Å². The number of ether oxygens (including phenoxy) is 2. The second kappa shape index (κ2) is 12.3. The second-order valence-corrected chi connectivity index (χ2v) is 6.76. The van der Waals surface area contributed by atoms with Gasteiger partial charge in [0.2, 0.25) is 0 Å². The molecule has 0 aromatic heterocycles. The van der Waals surface area contributed by atoms with Crippen LogP contribution in [0.15, 0.2) is 0 Å². The molecule has 2 unspecified atom stereocenters. The van der Waals surface area contributed by atoms with Crippen molar-refractivity contribution in [1.82, 2.24) is 10.6 Å². The van der Waals surface area contributed by atoms with E-state index < -0.39 is 0 Å². The molecule has 2 atom stereocenters. The molecule has 0 radical (unpaired) electrons. The summed E-state index contributed by atoms with van der Waals surface area (Å²) >= 11 is 0. The average Bonchev–Trinajstić information content (AvgIpc) is 2.57. The highest BCUT2D eigenvalue weighted by molar-refractivity contribution is 4.79. The van der Waals surface area contributed by atoms with E-state index in [1.165, 1.54) is 64.2 Å². The molecule has 22 heavy (non-hydrogen) atoms. The molecule has 132 valence electrons. The largest absolute Gasteiger partial charge is 0.367 e. The molecule has 2 rings (SSSR count). The average molecular weight is 315 g/mol. The monoisotopic (exact) mass is 314 g/mol. The van der Waals surface area contributed by atoms with Gasteiger partial charge in [-0.15, -0.1) is 0 Å². The summed E-state index contributed by atoms with van der Waals surface area (Å²) in [4.78, 5) is 0. The SMILES string of the molecule is C1CCC(NC2CCCCC2)CC1.COC(C)NC(C)OC. The summed E-state index contributed by atoms with van der Waals surface area (Å²) in [5.41, 5.74) is 0. The molecule has 2 aliphatic rings. The van der Waals surface area contributed by atoms with E-state index in [0.29, 0.717) is 0 Å². The van der Waals surface area contributed by atoms with Crippen LogP contribution in [0.25, 0.3) is 0 Å². The molecule has 2 aliphatic carbocycles. The Labute approximate surface area is 137 Å². The van der Waals surface area contributed by atoms with Gasteiger partial charge in [0.15, 0.2) is 0 Å². The lowest BCUT2D eigenvalue weighted by Crippen LogP contribution is -2.40. The van der Waals surface area contributed by atoms with Gasteiger partial charge in [0, 0.05) is 26.3 Å². The van der Waals surface area contributed by atoms with Crippen LogP contribution in [0.5, 0.6) is 0 Å². The van der Waals surface area contributed by atoms with E-state index in [9.17, 15) is 0 Å². The molecule has 0 bridgehead atoms. The van der Waals surface area contributed by atoms with Gasteiger partial charge in [-0.25, -0.2) is 0 Å². The van der Waals surface area contributed by atoms with Crippen molar-refractivity contribution in [3.63, 3.8) is 0 Å². The van der Waals surface area contributed by atoms with Gasteiger partial charge < -0.3 is 14.8 Å². The third-order valence-corrected chi connectivity index (χ3v) is 4.86. The number of nitrogens with one attached hydrogen (secondary N) is 2. The van der Waals surface area contributed by atoms with E-state index in [2.05, 4.69) is 10.6 Å². The van der Waals surface area contributed by atoms with E-state index in [0.717, 1.165) is 12.1 Å². The fraction of sp³-hybridized carbons (Fsp3) is 1.00. The van der Waals surface area contributed by atoms with Crippen LogP contribution >= 0.6 is 0 Å². The molecule has 0 aromatic rings. The van der Waals surface area contributed by atoms with E-state index in [1.807, 2.05) is 13.8 Å². The quantitative estimate of drug-likeness (QED) is 0.732. The zero-order chi connectivity index (χ0) is 16.2. The third-order valence-electron chi connectivity index (χ3n) is 4.86. The van der Waals surface area contributed by atoms with Crippen LogP contribution in [0.2, 0.25) is 0 Å². The lowest BCUT2D eigenvalue weighted by Gasteiger charge is -2.30. The van der Waals surface area contributed by atoms with E-state index in [1.54, 1.807) is 14.2 Å². The minimum atomic E-state index is 0.0555. The van der Waals surface area contributed by atoms with Gasteiger partial charge in [0.25, 0.3) is 0 Å². The van der Waals surface area contributed by atoms with Crippen molar-refractivity contribution >= 4 is 0 Å². The van der Waals surface area contributed by atoms with Crippen LogP contribution in [0, 0.1) is 0 Å². The van der Waals surface area contributed by atoms with Crippen LogP contribution in [-0.4, -0.2) is 38.8 Å². The molecule has 0 aromatic carbocycles. The lowest BCUT2D eigenvalue weighted by atomic mass is 9.91. The topological polar surface area (TPSA) is 42.5 Å². The Kier molecular flexibility index (Phi) is 11.1. The normalized spacial score (nSPS) is 23.5. The number of methoxy groups -OCH3 is 2.